The third-order valence-corrected chi connectivity index (χ3v) is 2.09. The fourth-order valence-corrected chi connectivity index (χ4v) is 1.29. The van der Waals surface area contributed by atoms with Gasteiger partial charge in [0.15, 0.2) is 0 Å². The first-order chi connectivity index (χ1) is 7.98. The van der Waals surface area contributed by atoms with Gasteiger partial charge in [-0.1, -0.05) is 0 Å². The fourth-order valence-electron chi connectivity index (χ4n) is 1.29. The molecule has 0 saturated carbocycles. The topological polar surface area (TPSA) is 58.6 Å². The van der Waals surface area contributed by atoms with Crippen molar-refractivity contribution >= 4 is 0 Å². The average Bonchev–Trinajstić information content (AvgIpc) is 2.29. The quantitative estimate of drug-likeness (QED) is 0.828. The number of hydrogen-bond donors (Lipinski definition) is 1. The molecule has 2 aromatic heterocycles. The number of pyridine rings is 1. The molecule has 7 heteroatoms. The Morgan fingerprint density at radius 3 is 2.41 bits per heavy atom. The summed E-state index contributed by atoms with van der Waals surface area (Å²) in [6, 6.07) is 3.72. The van der Waals surface area contributed by atoms with Crippen molar-refractivity contribution in [1.82, 2.24) is 15.2 Å². The average molecular weight is 241 g/mol. The Morgan fingerprint density at radius 1 is 1.18 bits per heavy atom. The summed E-state index contributed by atoms with van der Waals surface area (Å²) in [7, 11) is 0. The van der Waals surface area contributed by atoms with Crippen LogP contribution in [-0.4, -0.2) is 15.2 Å². The predicted molar refractivity (Wildman–Crippen MR) is 53.1 cm³/mol. The molecule has 1 N–H and O–H groups in total. The summed E-state index contributed by atoms with van der Waals surface area (Å²) in [4.78, 5) is 14.7. The van der Waals surface area contributed by atoms with Gasteiger partial charge in [0.1, 0.15) is 5.56 Å². The summed E-state index contributed by atoms with van der Waals surface area (Å²) >= 11 is 0. The maximum absolute atomic E-state index is 12.5. The first-order valence-electron chi connectivity index (χ1n) is 4.56. The van der Waals surface area contributed by atoms with Crippen molar-refractivity contribution in [1.29, 1.82) is 0 Å². The molecule has 0 aliphatic carbocycles. The van der Waals surface area contributed by atoms with Crippen molar-refractivity contribution in [2.75, 3.05) is 0 Å². The highest BCUT2D eigenvalue weighted by Gasteiger charge is 2.34. The zero-order valence-electron chi connectivity index (χ0n) is 8.32. The van der Waals surface area contributed by atoms with Gasteiger partial charge >= 0.3 is 6.18 Å². The molecule has 0 aliphatic rings. The van der Waals surface area contributed by atoms with Crippen LogP contribution >= 0.6 is 0 Å². The molecule has 0 saturated heterocycles. The van der Waals surface area contributed by atoms with Crippen molar-refractivity contribution in [2.45, 2.75) is 6.18 Å². The van der Waals surface area contributed by atoms with E-state index in [-0.39, 0.29) is 5.69 Å². The van der Waals surface area contributed by atoms with Crippen LogP contribution < -0.4 is 5.56 Å². The lowest BCUT2D eigenvalue weighted by Gasteiger charge is -2.06. The molecule has 2 heterocycles. The highest BCUT2D eigenvalue weighted by atomic mass is 19.4. The number of aromatic nitrogens is 3. The van der Waals surface area contributed by atoms with E-state index in [0.29, 0.717) is 11.6 Å². The van der Waals surface area contributed by atoms with Crippen LogP contribution in [0.2, 0.25) is 0 Å². The van der Waals surface area contributed by atoms with Gasteiger partial charge in [-0.15, -0.1) is 0 Å². The van der Waals surface area contributed by atoms with Gasteiger partial charge in [-0.25, -0.2) is 5.10 Å². The predicted octanol–water partition coefficient (Wildman–Crippen LogP) is 1.85. The Hall–Kier alpha value is -2.18. The van der Waals surface area contributed by atoms with Crippen molar-refractivity contribution in [3.8, 4) is 11.3 Å². The lowest BCUT2D eigenvalue weighted by Crippen LogP contribution is -2.22. The monoisotopic (exact) mass is 241 g/mol. The van der Waals surface area contributed by atoms with E-state index in [9.17, 15) is 18.0 Å². The van der Waals surface area contributed by atoms with Crippen molar-refractivity contribution in [3.05, 3.63) is 46.5 Å². The summed E-state index contributed by atoms with van der Waals surface area (Å²) in [6.07, 6.45) is -1.84. The maximum atomic E-state index is 12.5. The Labute approximate surface area is 93.1 Å². The second kappa shape index (κ2) is 4.00. The molecule has 2 rings (SSSR count). The third-order valence-electron chi connectivity index (χ3n) is 2.09. The molecule has 0 amide bonds. The van der Waals surface area contributed by atoms with Gasteiger partial charge in [0.25, 0.3) is 5.56 Å². The largest absolute Gasteiger partial charge is 0.421 e. The number of hydrogen-bond acceptors (Lipinski definition) is 3. The highest BCUT2D eigenvalue weighted by Crippen LogP contribution is 2.28. The summed E-state index contributed by atoms with van der Waals surface area (Å²) in [5, 5.41) is 5.38. The third kappa shape index (κ3) is 2.32. The van der Waals surface area contributed by atoms with Crippen molar-refractivity contribution in [2.24, 2.45) is 0 Å². The van der Waals surface area contributed by atoms with Crippen molar-refractivity contribution < 1.29 is 13.2 Å². The smallest absolute Gasteiger partial charge is 0.267 e. The molecule has 0 aromatic carbocycles. The van der Waals surface area contributed by atoms with Gasteiger partial charge in [0.2, 0.25) is 0 Å². The number of nitrogens with zero attached hydrogens (tertiary/aromatic N) is 2. The van der Waals surface area contributed by atoms with Crippen LogP contribution in [0.1, 0.15) is 5.56 Å². The molecular formula is C10H6F3N3O. The molecule has 88 valence electrons. The molecule has 17 heavy (non-hydrogen) atoms. The molecule has 0 bridgehead atoms. The molecule has 0 aliphatic heterocycles. The Bertz CT molecular complexity index is 577. The fraction of sp³-hybridized carbons (Fsp3) is 0.100. The normalized spacial score (nSPS) is 11.5. The molecule has 4 nitrogen and oxygen atoms in total. The minimum absolute atomic E-state index is 0.0410. The number of alkyl halides is 3. The summed E-state index contributed by atoms with van der Waals surface area (Å²) in [5.41, 5.74) is -2.03. The van der Waals surface area contributed by atoms with Crippen LogP contribution in [0.25, 0.3) is 11.3 Å². The van der Waals surface area contributed by atoms with Crippen LogP contribution in [0.5, 0.6) is 0 Å². The van der Waals surface area contributed by atoms with Gasteiger partial charge in [-0.3, -0.25) is 9.78 Å². The van der Waals surface area contributed by atoms with Crippen LogP contribution in [-0.2, 0) is 6.18 Å². The molecule has 0 spiro atoms. The van der Waals surface area contributed by atoms with E-state index in [1.54, 1.807) is 0 Å². The van der Waals surface area contributed by atoms with E-state index in [4.69, 9.17) is 0 Å². The second-order valence-electron chi connectivity index (χ2n) is 3.23. The Morgan fingerprint density at radius 2 is 1.82 bits per heavy atom. The van der Waals surface area contributed by atoms with Gasteiger partial charge in [0.05, 0.1) is 5.69 Å². The zero-order chi connectivity index (χ0) is 12.5. The number of rotatable bonds is 1. The summed E-state index contributed by atoms with van der Waals surface area (Å²) < 4.78 is 37.5. The SMILES string of the molecule is O=c1[nH]nc(-c2ccncc2)cc1C(F)(F)F. The standard InChI is InChI=1S/C10H6F3N3O/c11-10(12,13)7-5-8(15-16-9(7)17)6-1-3-14-4-2-6/h1-5H,(H,16,17). The van der Waals surface area contributed by atoms with E-state index < -0.39 is 17.3 Å². The van der Waals surface area contributed by atoms with Crippen molar-refractivity contribution in [3.63, 3.8) is 0 Å². The minimum atomic E-state index is -4.70. The van der Waals surface area contributed by atoms with Gasteiger partial charge in [-0.05, 0) is 18.2 Å². The first-order valence-corrected chi connectivity index (χ1v) is 4.56. The van der Waals surface area contributed by atoms with Gasteiger partial charge < -0.3 is 0 Å². The van der Waals surface area contributed by atoms with E-state index >= 15 is 0 Å². The number of halogens is 3. The van der Waals surface area contributed by atoms with Crippen LogP contribution in [0.3, 0.4) is 0 Å². The van der Waals surface area contributed by atoms with E-state index in [0.717, 1.165) is 0 Å². The molecule has 0 unspecified atom stereocenters. The minimum Gasteiger partial charge on any atom is -0.267 e. The highest BCUT2D eigenvalue weighted by molar-refractivity contribution is 5.58. The molecule has 0 atom stereocenters. The van der Waals surface area contributed by atoms with Crippen LogP contribution in [0.4, 0.5) is 13.2 Å². The maximum Gasteiger partial charge on any atom is 0.421 e. The second-order valence-corrected chi connectivity index (χ2v) is 3.23. The van der Waals surface area contributed by atoms with Gasteiger partial charge in [0, 0.05) is 18.0 Å². The molecular weight excluding hydrogens is 235 g/mol. The van der Waals surface area contributed by atoms with Crippen LogP contribution in [0, 0.1) is 0 Å². The van der Waals surface area contributed by atoms with Crippen LogP contribution in [0.15, 0.2) is 35.4 Å². The van der Waals surface area contributed by atoms with E-state index in [1.807, 2.05) is 5.10 Å². The lowest BCUT2D eigenvalue weighted by molar-refractivity contribution is -0.138. The number of aromatic amines is 1. The van der Waals surface area contributed by atoms with E-state index in [1.165, 1.54) is 24.5 Å². The first kappa shape index (κ1) is 11.3. The Balaban J connectivity index is 2.57. The van der Waals surface area contributed by atoms with Gasteiger partial charge in [-0.2, -0.15) is 18.3 Å². The summed E-state index contributed by atoms with van der Waals surface area (Å²) in [5.74, 6) is 0. The summed E-state index contributed by atoms with van der Waals surface area (Å²) in [6.45, 7) is 0. The number of nitrogens with one attached hydrogen (secondary N) is 1. The lowest BCUT2D eigenvalue weighted by atomic mass is 10.1. The van der Waals surface area contributed by atoms with E-state index in [2.05, 4.69) is 10.1 Å². The Kier molecular flexibility index (Phi) is 2.66. The zero-order valence-corrected chi connectivity index (χ0v) is 8.32. The molecule has 2 aromatic rings. The molecule has 0 radical (unpaired) electrons. The number of H-pyrrole nitrogens is 1. The molecule has 0 fully saturated rings.